The van der Waals surface area contributed by atoms with Crippen LogP contribution in [0, 0.1) is 0 Å². The van der Waals surface area contributed by atoms with Gasteiger partial charge in [0.15, 0.2) is 5.78 Å². The lowest BCUT2D eigenvalue weighted by atomic mass is 9.80. The summed E-state index contributed by atoms with van der Waals surface area (Å²) in [5, 5.41) is 20.9. The molecule has 152 valence electrons. The van der Waals surface area contributed by atoms with E-state index in [1.807, 2.05) is 27.7 Å². The van der Waals surface area contributed by atoms with Gasteiger partial charge >= 0.3 is 0 Å². The number of ketones is 1. The van der Waals surface area contributed by atoms with E-state index in [-0.39, 0.29) is 41.0 Å². The highest BCUT2D eigenvalue weighted by atomic mass is 16.3. The average Bonchev–Trinajstić information content (AvgIpc) is 2.59. The van der Waals surface area contributed by atoms with E-state index in [4.69, 9.17) is 0 Å². The van der Waals surface area contributed by atoms with E-state index >= 15 is 0 Å². The summed E-state index contributed by atoms with van der Waals surface area (Å²) in [6.07, 6.45) is 0. The molecular weight excluding hydrogens is 348 g/mol. The van der Waals surface area contributed by atoms with Crippen LogP contribution >= 0.6 is 0 Å². The predicted molar refractivity (Wildman–Crippen MR) is 116 cm³/mol. The maximum Gasteiger partial charge on any atom is 0.193 e. The normalized spacial score (nSPS) is 11.9. The van der Waals surface area contributed by atoms with Crippen molar-refractivity contribution in [2.75, 3.05) is 0 Å². The number of hydrogen-bond acceptors (Lipinski definition) is 3. The summed E-state index contributed by atoms with van der Waals surface area (Å²) in [7, 11) is 0. The number of carbonyl (C=O) groups is 1. The minimum absolute atomic E-state index is 0.0452. The van der Waals surface area contributed by atoms with Gasteiger partial charge in [-0.15, -0.1) is 0 Å². The first-order valence-electron chi connectivity index (χ1n) is 10.2. The van der Waals surface area contributed by atoms with E-state index in [9.17, 15) is 15.0 Å². The molecule has 0 atom stereocenters. The van der Waals surface area contributed by atoms with Crippen LogP contribution in [-0.4, -0.2) is 16.0 Å². The Morgan fingerprint density at radius 2 is 0.857 bits per heavy atom. The van der Waals surface area contributed by atoms with Crippen molar-refractivity contribution in [2.45, 2.75) is 79.1 Å². The smallest absolute Gasteiger partial charge is 0.193 e. The van der Waals surface area contributed by atoms with Crippen LogP contribution in [-0.2, 0) is 0 Å². The van der Waals surface area contributed by atoms with E-state index in [1.54, 1.807) is 24.3 Å². The van der Waals surface area contributed by atoms with Crippen LogP contribution in [0.4, 0.5) is 0 Å². The lowest BCUT2D eigenvalue weighted by Gasteiger charge is -2.24. The van der Waals surface area contributed by atoms with Gasteiger partial charge in [0.05, 0.1) is 0 Å². The fourth-order valence-corrected chi connectivity index (χ4v) is 4.25. The van der Waals surface area contributed by atoms with Gasteiger partial charge in [0.25, 0.3) is 0 Å². The molecule has 0 aromatic heterocycles. The van der Waals surface area contributed by atoms with Crippen molar-refractivity contribution in [3.63, 3.8) is 0 Å². The summed E-state index contributed by atoms with van der Waals surface area (Å²) in [4.78, 5) is 13.7. The second-order valence-corrected chi connectivity index (χ2v) is 8.87. The summed E-state index contributed by atoms with van der Waals surface area (Å²) in [5.74, 6) is 0.874. The fourth-order valence-electron chi connectivity index (χ4n) is 4.25. The van der Waals surface area contributed by atoms with Crippen LogP contribution in [0.25, 0.3) is 0 Å². The number of aromatic hydroxyl groups is 2. The van der Waals surface area contributed by atoms with Crippen LogP contribution in [0.1, 0.15) is 117 Å². The summed E-state index contributed by atoms with van der Waals surface area (Å²) in [6, 6.07) is 6.75. The lowest BCUT2D eigenvalue weighted by molar-refractivity contribution is 0.103. The Morgan fingerprint density at radius 3 is 1.11 bits per heavy atom. The number of benzene rings is 2. The van der Waals surface area contributed by atoms with Crippen LogP contribution < -0.4 is 0 Å². The standard InChI is InChI=1S/C25H34O3/c1-13(2)21-17(9-11-19(26)23(21)15(5)6)25(28)18-10-12-20(27)24(16(7)8)22(18)14(3)4/h9-16,26-27H,1-8H3. The van der Waals surface area contributed by atoms with Crippen molar-refractivity contribution in [1.29, 1.82) is 0 Å². The lowest BCUT2D eigenvalue weighted by Crippen LogP contribution is -2.14. The third-order valence-corrected chi connectivity index (χ3v) is 5.33. The number of phenolic OH excluding ortho intramolecular Hbond substituents is 2. The molecule has 3 heteroatoms. The number of phenols is 2. The predicted octanol–water partition coefficient (Wildman–Crippen LogP) is 6.82. The molecule has 0 heterocycles. The molecule has 0 radical (unpaired) electrons. The SMILES string of the molecule is CC(C)c1c(O)ccc(C(=O)c2ccc(O)c(C(C)C)c2C(C)C)c1C(C)C. The molecule has 0 aliphatic carbocycles. The van der Waals surface area contributed by atoms with Crippen molar-refractivity contribution in [1.82, 2.24) is 0 Å². The van der Waals surface area contributed by atoms with Gasteiger partial charge in [0.2, 0.25) is 0 Å². The quantitative estimate of drug-likeness (QED) is 0.539. The van der Waals surface area contributed by atoms with E-state index in [2.05, 4.69) is 27.7 Å². The molecule has 0 saturated heterocycles. The molecule has 2 aromatic carbocycles. The third-order valence-electron chi connectivity index (χ3n) is 5.33. The fraction of sp³-hybridized carbons (Fsp3) is 0.480. The Hall–Kier alpha value is -2.29. The van der Waals surface area contributed by atoms with Crippen LogP contribution in [0.5, 0.6) is 11.5 Å². The first-order chi connectivity index (χ1) is 13.0. The molecule has 0 aliphatic rings. The van der Waals surface area contributed by atoms with Gasteiger partial charge in [0, 0.05) is 22.3 Å². The number of rotatable bonds is 6. The van der Waals surface area contributed by atoms with E-state index < -0.39 is 0 Å². The summed E-state index contributed by atoms with van der Waals surface area (Å²) >= 11 is 0. The van der Waals surface area contributed by atoms with Gasteiger partial charge in [-0.25, -0.2) is 0 Å². The zero-order chi connectivity index (χ0) is 21.3. The molecule has 0 fully saturated rings. The molecule has 0 aliphatic heterocycles. The van der Waals surface area contributed by atoms with Crippen molar-refractivity contribution in [3.05, 3.63) is 57.6 Å². The Kier molecular flexibility index (Phi) is 6.59. The average molecular weight is 383 g/mol. The molecule has 0 amide bonds. The highest BCUT2D eigenvalue weighted by Crippen LogP contribution is 2.40. The van der Waals surface area contributed by atoms with Crippen molar-refractivity contribution in [2.24, 2.45) is 0 Å². The topological polar surface area (TPSA) is 57.5 Å². The van der Waals surface area contributed by atoms with Crippen molar-refractivity contribution >= 4 is 5.78 Å². The van der Waals surface area contributed by atoms with Gasteiger partial charge < -0.3 is 10.2 Å². The van der Waals surface area contributed by atoms with Crippen LogP contribution in [0.2, 0.25) is 0 Å². The highest BCUT2D eigenvalue weighted by molar-refractivity contribution is 6.11. The number of carbonyl (C=O) groups excluding carboxylic acids is 1. The van der Waals surface area contributed by atoms with Crippen molar-refractivity contribution in [3.8, 4) is 11.5 Å². The second-order valence-electron chi connectivity index (χ2n) is 8.87. The third kappa shape index (κ3) is 3.94. The Balaban J connectivity index is 2.82. The Bertz CT molecular complexity index is 802. The van der Waals surface area contributed by atoms with E-state index in [0.29, 0.717) is 11.1 Å². The summed E-state index contributed by atoms with van der Waals surface area (Å²) in [5.41, 5.74) is 4.78. The maximum atomic E-state index is 13.7. The second kappa shape index (κ2) is 8.38. The molecule has 28 heavy (non-hydrogen) atoms. The minimum atomic E-state index is -0.0452. The van der Waals surface area contributed by atoms with Gasteiger partial charge in [0.1, 0.15) is 11.5 Å². The summed E-state index contributed by atoms with van der Waals surface area (Å²) < 4.78 is 0. The minimum Gasteiger partial charge on any atom is -0.508 e. The molecule has 0 spiro atoms. The maximum absolute atomic E-state index is 13.7. The Labute approximate surface area is 169 Å². The van der Waals surface area contributed by atoms with Gasteiger partial charge in [-0.1, -0.05) is 55.4 Å². The van der Waals surface area contributed by atoms with E-state index in [1.165, 1.54) is 0 Å². The largest absolute Gasteiger partial charge is 0.508 e. The first-order valence-corrected chi connectivity index (χ1v) is 10.2. The van der Waals surface area contributed by atoms with Crippen LogP contribution in [0.15, 0.2) is 24.3 Å². The van der Waals surface area contributed by atoms with E-state index in [0.717, 1.165) is 22.3 Å². The highest BCUT2D eigenvalue weighted by Gasteiger charge is 2.27. The zero-order valence-corrected chi connectivity index (χ0v) is 18.4. The van der Waals surface area contributed by atoms with Gasteiger partial charge in [-0.3, -0.25) is 4.79 Å². The molecule has 0 bridgehead atoms. The van der Waals surface area contributed by atoms with Crippen molar-refractivity contribution < 1.29 is 15.0 Å². The summed E-state index contributed by atoms with van der Waals surface area (Å²) in [6.45, 7) is 16.3. The zero-order valence-electron chi connectivity index (χ0n) is 18.4. The molecule has 2 N–H and O–H groups in total. The number of hydrogen-bond donors (Lipinski definition) is 2. The monoisotopic (exact) mass is 382 g/mol. The van der Waals surface area contributed by atoms with Gasteiger partial charge in [-0.2, -0.15) is 0 Å². The van der Waals surface area contributed by atoms with Gasteiger partial charge in [-0.05, 0) is 59.1 Å². The van der Waals surface area contributed by atoms with Crippen LogP contribution in [0.3, 0.4) is 0 Å². The Morgan fingerprint density at radius 1 is 0.571 bits per heavy atom. The molecule has 0 saturated carbocycles. The molecule has 0 unspecified atom stereocenters. The molecule has 2 aromatic rings. The molecule has 3 nitrogen and oxygen atoms in total. The molecule has 2 rings (SSSR count). The first kappa shape index (κ1) is 22.0. The molecular formula is C25H34O3.